The lowest BCUT2D eigenvalue weighted by molar-refractivity contribution is -0.136. The van der Waals surface area contributed by atoms with Gasteiger partial charge in [0.05, 0.1) is 6.04 Å². The molecule has 1 N–H and O–H groups in total. The summed E-state index contributed by atoms with van der Waals surface area (Å²) in [5.41, 5.74) is 3.87. The van der Waals surface area contributed by atoms with Crippen LogP contribution in [0.2, 0.25) is 0 Å². The summed E-state index contributed by atoms with van der Waals surface area (Å²) >= 11 is 3.54. The van der Waals surface area contributed by atoms with E-state index >= 15 is 0 Å². The Morgan fingerprint density at radius 1 is 1.00 bits per heavy atom. The van der Waals surface area contributed by atoms with E-state index in [1.165, 1.54) is 5.56 Å². The van der Waals surface area contributed by atoms with Gasteiger partial charge in [0.2, 0.25) is 11.8 Å². The maximum absolute atomic E-state index is 13.3. The van der Waals surface area contributed by atoms with Crippen LogP contribution in [0.3, 0.4) is 0 Å². The summed E-state index contributed by atoms with van der Waals surface area (Å²) in [6.45, 7) is 0.0377. The molecule has 4 nitrogen and oxygen atoms in total. The SMILES string of the molecule is O=C1CN(C(=O)CCCc2ccccc2)[C@H](c2ccccc2)c2cc(Br)ccc2N1. The molecule has 2 amide bonds. The number of nitrogens with zero attached hydrogens (tertiary/aromatic N) is 1. The highest BCUT2D eigenvalue weighted by atomic mass is 79.9. The fraction of sp³-hybridized carbons (Fsp3) is 0.200. The Hall–Kier alpha value is -2.92. The van der Waals surface area contributed by atoms with Crippen molar-refractivity contribution in [3.63, 3.8) is 0 Å². The van der Waals surface area contributed by atoms with Crippen molar-refractivity contribution in [3.8, 4) is 0 Å². The average molecular weight is 463 g/mol. The number of rotatable bonds is 5. The fourth-order valence-electron chi connectivity index (χ4n) is 3.94. The standard InChI is InChI=1S/C25H23BrN2O2/c26-20-14-15-22-21(16-20)25(19-11-5-2-6-12-19)28(17-23(29)27-22)24(30)13-7-10-18-8-3-1-4-9-18/h1-6,8-9,11-12,14-16,25H,7,10,13,17H2,(H,27,29)/t25-/m1/s1. The van der Waals surface area contributed by atoms with E-state index in [9.17, 15) is 9.59 Å². The van der Waals surface area contributed by atoms with Gasteiger partial charge in [-0.05, 0) is 42.2 Å². The Labute approximate surface area is 185 Å². The Balaban J connectivity index is 1.63. The van der Waals surface area contributed by atoms with E-state index in [0.29, 0.717) is 6.42 Å². The molecule has 1 heterocycles. The van der Waals surface area contributed by atoms with Gasteiger partial charge in [0.1, 0.15) is 6.54 Å². The molecule has 152 valence electrons. The molecule has 3 aromatic carbocycles. The van der Waals surface area contributed by atoms with Crippen molar-refractivity contribution in [2.75, 3.05) is 11.9 Å². The second-order valence-corrected chi connectivity index (χ2v) is 8.37. The van der Waals surface area contributed by atoms with Gasteiger partial charge in [-0.25, -0.2) is 0 Å². The van der Waals surface area contributed by atoms with E-state index in [-0.39, 0.29) is 24.4 Å². The summed E-state index contributed by atoms with van der Waals surface area (Å²) in [4.78, 5) is 27.6. The van der Waals surface area contributed by atoms with Gasteiger partial charge in [0.15, 0.2) is 0 Å². The zero-order chi connectivity index (χ0) is 20.9. The third-order valence-electron chi connectivity index (χ3n) is 5.34. The summed E-state index contributed by atoms with van der Waals surface area (Å²) in [6.07, 6.45) is 1.98. The Morgan fingerprint density at radius 3 is 2.43 bits per heavy atom. The number of hydrogen-bond acceptors (Lipinski definition) is 2. The van der Waals surface area contributed by atoms with Crippen LogP contribution in [0.4, 0.5) is 5.69 Å². The molecule has 1 aliphatic rings. The molecular formula is C25H23BrN2O2. The number of nitrogens with one attached hydrogen (secondary N) is 1. The largest absolute Gasteiger partial charge is 0.324 e. The minimum atomic E-state index is -0.318. The van der Waals surface area contributed by atoms with E-state index in [4.69, 9.17) is 0 Å². The number of benzene rings is 3. The van der Waals surface area contributed by atoms with Gasteiger partial charge < -0.3 is 10.2 Å². The van der Waals surface area contributed by atoms with E-state index in [1.54, 1.807) is 4.90 Å². The Bertz CT molecular complexity index is 1040. The number of amides is 2. The van der Waals surface area contributed by atoms with Crippen molar-refractivity contribution >= 4 is 33.4 Å². The van der Waals surface area contributed by atoms with Gasteiger partial charge in [-0.1, -0.05) is 76.6 Å². The molecule has 1 atom stereocenters. The minimum absolute atomic E-state index is 0.0113. The number of carbonyl (C=O) groups excluding carboxylic acids is 2. The molecule has 30 heavy (non-hydrogen) atoms. The molecule has 0 bridgehead atoms. The number of aryl methyl sites for hydroxylation is 1. The first-order chi connectivity index (χ1) is 14.6. The van der Waals surface area contributed by atoms with Crippen molar-refractivity contribution in [2.24, 2.45) is 0 Å². The van der Waals surface area contributed by atoms with Gasteiger partial charge in [-0.2, -0.15) is 0 Å². The summed E-state index contributed by atoms with van der Waals surface area (Å²) in [7, 11) is 0. The van der Waals surface area contributed by atoms with Crippen LogP contribution in [0.5, 0.6) is 0 Å². The predicted octanol–water partition coefficient (Wildman–Crippen LogP) is 5.34. The first-order valence-electron chi connectivity index (χ1n) is 10.1. The van der Waals surface area contributed by atoms with Crippen molar-refractivity contribution in [2.45, 2.75) is 25.3 Å². The highest BCUT2D eigenvalue weighted by Gasteiger charge is 2.33. The van der Waals surface area contributed by atoms with Gasteiger partial charge in [-0.15, -0.1) is 0 Å². The highest BCUT2D eigenvalue weighted by Crippen LogP contribution is 2.37. The van der Waals surface area contributed by atoms with Crippen molar-refractivity contribution in [3.05, 3.63) is 100 Å². The second-order valence-electron chi connectivity index (χ2n) is 7.45. The van der Waals surface area contributed by atoms with Crippen LogP contribution < -0.4 is 5.32 Å². The smallest absolute Gasteiger partial charge is 0.244 e. The van der Waals surface area contributed by atoms with Crippen LogP contribution in [-0.2, 0) is 16.0 Å². The van der Waals surface area contributed by atoms with Crippen LogP contribution in [0.25, 0.3) is 0 Å². The van der Waals surface area contributed by atoms with E-state index in [0.717, 1.165) is 34.1 Å². The Kier molecular flexibility index (Phi) is 6.29. The molecule has 1 aliphatic heterocycles. The van der Waals surface area contributed by atoms with E-state index in [2.05, 4.69) is 33.4 Å². The maximum atomic E-state index is 13.3. The number of fused-ring (bicyclic) bond motifs is 1. The minimum Gasteiger partial charge on any atom is -0.324 e. The third-order valence-corrected chi connectivity index (χ3v) is 5.84. The second kappa shape index (κ2) is 9.26. The zero-order valence-corrected chi connectivity index (χ0v) is 18.1. The third kappa shape index (κ3) is 4.62. The summed E-state index contributed by atoms with van der Waals surface area (Å²) in [5, 5.41) is 2.96. The molecule has 0 unspecified atom stereocenters. The monoisotopic (exact) mass is 462 g/mol. The summed E-state index contributed by atoms with van der Waals surface area (Å²) in [5.74, 6) is -0.184. The predicted molar refractivity (Wildman–Crippen MR) is 122 cm³/mol. The van der Waals surface area contributed by atoms with Crippen LogP contribution >= 0.6 is 15.9 Å². The topological polar surface area (TPSA) is 49.4 Å². The zero-order valence-electron chi connectivity index (χ0n) is 16.6. The first-order valence-corrected chi connectivity index (χ1v) is 10.9. The molecule has 0 saturated heterocycles. The average Bonchev–Trinajstić information content (AvgIpc) is 2.90. The van der Waals surface area contributed by atoms with E-state index < -0.39 is 0 Å². The molecule has 0 aromatic heterocycles. The maximum Gasteiger partial charge on any atom is 0.244 e. The molecule has 0 saturated carbocycles. The number of halogens is 1. The van der Waals surface area contributed by atoms with Gasteiger partial charge in [-0.3, -0.25) is 9.59 Å². The van der Waals surface area contributed by atoms with Gasteiger partial charge >= 0.3 is 0 Å². The van der Waals surface area contributed by atoms with Crippen LogP contribution in [0.15, 0.2) is 83.3 Å². The van der Waals surface area contributed by atoms with Crippen molar-refractivity contribution in [1.82, 2.24) is 4.90 Å². The number of anilines is 1. The van der Waals surface area contributed by atoms with Gasteiger partial charge in [0.25, 0.3) is 0 Å². The molecule has 0 fully saturated rings. The lowest BCUT2D eigenvalue weighted by atomic mass is 9.95. The highest BCUT2D eigenvalue weighted by molar-refractivity contribution is 9.10. The summed E-state index contributed by atoms with van der Waals surface area (Å²) < 4.78 is 0.912. The first kappa shape index (κ1) is 20.4. The van der Waals surface area contributed by atoms with Crippen LogP contribution in [0.1, 0.15) is 35.6 Å². The molecule has 5 heteroatoms. The van der Waals surface area contributed by atoms with Crippen molar-refractivity contribution < 1.29 is 9.59 Å². The normalized spacial score (nSPS) is 15.8. The van der Waals surface area contributed by atoms with Crippen LogP contribution in [-0.4, -0.2) is 23.3 Å². The number of hydrogen-bond donors (Lipinski definition) is 1. The molecule has 0 spiro atoms. The van der Waals surface area contributed by atoms with E-state index in [1.807, 2.05) is 66.7 Å². The lowest BCUT2D eigenvalue weighted by Crippen LogP contribution is -2.38. The molecular weight excluding hydrogens is 440 g/mol. The Morgan fingerprint density at radius 2 is 1.70 bits per heavy atom. The van der Waals surface area contributed by atoms with Gasteiger partial charge in [0, 0.05) is 22.1 Å². The molecule has 4 rings (SSSR count). The fourth-order valence-corrected chi connectivity index (χ4v) is 4.32. The lowest BCUT2D eigenvalue weighted by Gasteiger charge is -2.31. The van der Waals surface area contributed by atoms with Crippen molar-refractivity contribution in [1.29, 1.82) is 0 Å². The quantitative estimate of drug-likeness (QED) is 0.555. The molecule has 3 aromatic rings. The summed E-state index contributed by atoms with van der Waals surface area (Å²) in [6, 6.07) is 25.5. The van der Waals surface area contributed by atoms with Crippen LogP contribution in [0, 0.1) is 0 Å². The number of carbonyl (C=O) groups is 2. The molecule has 0 aliphatic carbocycles. The molecule has 0 radical (unpaired) electrons.